The second-order valence-corrected chi connectivity index (χ2v) is 10.5. The Morgan fingerprint density at radius 2 is 1.81 bits per heavy atom. The molecule has 1 radical (unpaired) electrons. The van der Waals surface area contributed by atoms with Crippen molar-refractivity contribution in [3.05, 3.63) is 89.2 Å². The number of fused-ring (bicyclic) bond motifs is 5. The van der Waals surface area contributed by atoms with Crippen LogP contribution < -0.4 is 0 Å². The van der Waals surface area contributed by atoms with Crippen LogP contribution in [0.15, 0.2) is 66.4 Å². The predicted octanol–water partition coefficient (Wildman–Crippen LogP) is 8.60. The first-order valence-corrected chi connectivity index (χ1v) is 12.8. The first kappa shape index (κ1) is 26.2. The van der Waals surface area contributed by atoms with Crippen LogP contribution in [0.3, 0.4) is 0 Å². The van der Waals surface area contributed by atoms with Gasteiger partial charge < -0.3 is 5.11 Å². The second-order valence-electron chi connectivity index (χ2n) is 9.46. The van der Waals surface area contributed by atoms with Gasteiger partial charge in [0.25, 0.3) is 0 Å². The number of hydrogen-bond donors (Lipinski definition) is 1. The number of aryl methyl sites for hydroxylation is 2. The van der Waals surface area contributed by atoms with E-state index < -0.39 is 0 Å². The van der Waals surface area contributed by atoms with Crippen LogP contribution in [0.2, 0.25) is 0 Å². The summed E-state index contributed by atoms with van der Waals surface area (Å²) in [7, 11) is 0. The summed E-state index contributed by atoms with van der Waals surface area (Å²) in [6.07, 6.45) is 3.81. The van der Waals surface area contributed by atoms with Crippen LogP contribution in [0.5, 0.6) is 0 Å². The smallest absolute Gasteiger partial charge is 0.155 e. The molecule has 0 unspecified atom stereocenters. The first-order valence-electron chi connectivity index (χ1n) is 11.9. The van der Waals surface area contributed by atoms with E-state index in [1.807, 2.05) is 11.3 Å². The van der Waals surface area contributed by atoms with Crippen LogP contribution in [0.4, 0.5) is 0 Å². The van der Waals surface area contributed by atoms with E-state index in [-0.39, 0.29) is 31.6 Å². The molecule has 5 aromatic rings. The summed E-state index contributed by atoms with van der Waals surface area (Å²) in [4.78, 5) is 15.2. The molecule has 1 saturated carbocycles. The van der Waals surface area contributed by atoms with Gasteiger partial charge in [0.05, 0.1) is 11.3 Å². The van der Waals surface area contributed by atoms with Gasteiger partial charge in [0.2, 0.25) is 0 Å². The number of thiophene rings is 1. The minimum atomic E-state index is -0.125. The number of aromatic nitrogens is 1. The fraction of sp³-hybridized carbons (Fsp3) is 0.226. The Balaban J connectivity index is 0.000000338. The summed E-state index contributed by atoms with van der Waals surface area (Å²) in [5, 5.41) is 12.4. The number of carbonyl (C=O) groups is 1. The first-order chi connectivity index (χ1) is 16.8. The average Bonchev–Trinajstić information content (AvgIpc) is 3.57. The van der Waals surface area contributed by atoms with Crippen LogP contribution in [0.25, 0.3) is 42.3 Å². The number of benzene rings is 3. The molecule has 2 aromatic heterocycles. The van der Waals surface area contributed by atoms with Gasteiger partial charge in [0.15, 0.2) is 5.78 Å². The van der Waals surface area contributed by atoms with Crippen molar-refractivity contribution in [2.45, 2.75) is 46.5 Å². The predicted molar refractivity (Wildman–Crippen MR) is 147 cm³/mol. The van der Waals surface area contributed by atoms with Crippen molar-refractivity contribution in [1.29, 1.82) is 0 Å². The summed E-state index contributed by atoms with van der Waals surface area (Å²) in [5.74, 6) is 0.685. The molecule has 1 fully saturated rings. The molecular weight excluding hydrogens is 643 g/mol. The summed E-state index contributed by atoms with van der Waals surface area (Å²) in [6, 6.07) is 23.6. The van der Waals surface area contributed by atoms with Gasteiger partial charge in [-0.25, -0.2) is 0 Å². The van der Waals surface area contributed by atoms with Crippen LogP contribution in [-0.2, 0) is 24.9 Å². The SMILES string of the molecule is CC(=O)/C=C(/C)O.Cc1[c-]c(-c2nc3ccc(C4CC4)cc3c3c2sc2ccccc23)cc(C)c1.[Ir]. The second kappa shape index (κ2) is 10.6. The van der Waals surface area contributed by atoms with E-state index in [0.717, 1.165) is 28.3 Å². The van der Waals surface area contributed by atoms with E-state index in [1.54, 1.807) is 0 Å². The van der Waals surface area contributed by atoms with E-state index in [2.05, 4.69) is 74.5 Å². The van der Waals surface area contributed by atoms with E-state index >= 15 is 0 Å². The van der Waals surface area contributed by atoms with E-state index in [1.165, 1.54) is 69.5 Å². The van der Waals surface area contributed by atoms with Crippen molar-refractivity contribution < 1.29 is 30.0 Å². The molecule has 36 heavy (non-hydrogen) atoms. The maximum atomic E-state index is 10.0. The number of aliphatic hydroxyl groups is 1. The molecule has 6 rings (SSSR count). The fourth-order valence-electron chi connectivity index (χ4n) is 4.67. The Hall–Kier alpha value is -2.85. The van der Waals surface area contributed by atoms with Crippen molar-refractivity contribution >= 4 is 48.2 Å². The minimum absolute atomic E-state index is 0. The van der Waals surface area contributed by atoms with Gasteiger partial charge in [-0.3, -0.25) is 9.78 Å². The number of ketones is 1. The average molecular weight is 671 g/mol. The van der Waals surface area contributed by atoms with Crippen molar-refractivity contribution in [3.8, 4) is 11.3 Å². The molecule has 5 heteroatoms. The molecule has 2 heterocycles. The van der Waals surface area contributed by atoms with Gasteiger partial charge in [-0.05, 0) is 56.4 Å². The van der Waals surface area contributed by atoms with Gasteiger partial charge >= 0.3 is 0 Å². The van der Waals surface area contributed by atoms with E-state index in [9.17, 15) is 4.79 Å². The third kappa shape index (κ3) is 5.44. The Labute approximate surface area is 229 Å². The molecule has 0 aliphatic heterocycles. The number of hydrogen-bond acceptors (Lipinski definition) is 4. The Kier molecular flexibility index (Phi) is 7.75. The summed E-state index contributed by atoms with van der Waals surface area (Å²) in [6.45, 7) is 7.11. The van der Waals surface area contributed by atoms with Crippen molar-refractivity contribution in [3.63, 3.8) is 0 Å². The van der Waals surface area contributed by atoms with Crippen LogP contribution in [0, 0.1) is 19.9 Å². The molecule has 185 valence electrons. The molecule has 3 aromatic carbocycles. The Bertz CT molecular complexity index is 1600. The number of carbonyl (C=O) groups excluding carboxylic acids is 1. The number of nitrogens with zero attached hydrogens (tertiary/aromatic N) is 1. The molecule has 1 N–H and O–H groups in total. The maximum Gasteiger partial charge on any atom is 0.155 e. The quantitative estimate of drug-likeness (QED) is 0.119. The van der Waals surface area contributed by atoms with E-state index in [0.29, 0.717) is 0 Å². The Morgan fingerprint density at radius 1 is 1.06 bits per heavy atom. The normalized spacial score (nSPS) is 13.4. The molecule has 1 aliphatic carbocycles. The van der Waals surface area contributed by atoms with Crippen LogP contribution in [0.1, 0.15) is 49.3 Å². The standard InChI is InChI=1S/C26H20NS.C5H8O2.Ir/c1-15-11-16(2)13-19(12-15)25-26-24(20-5-3-4-6-23(20)28-26)21-14-18(17-7-8-17)9-10-22(21)27-25;1-4(6)3-5(2)7;/h3-6,9-12,14,17H,7-8H2,1-2H3;3,6H,1-2H3;/q-1;;/b;4-3-;. The molecular formula is C31H28IrNO2S-. The van der Waals surface area contributed by atoms with Gasteiger partial charge in [0.1, 0.15) is 0 Å². The third-order valence-corrected chi connectivity index (χ3v) is 7.37. The largest absolute Gasteiger partial charge is 0.512 e. The van der Waals surface area contributed by atoms with Crippen molar-refractivity contribution in [2.75, 3.05) is 0 Å². The molecule has 0 atom stereocenters. The number of rotatable bonds is 3. The zero-order valence-corrected chi connectivity index (χ0v) is 24.0. The minimum Gasteiger partial charge on any atom is -0.512 e. The van der Waals surface area contributed by atoms with Crippen molar-refractivity contribution in [2.24, 2.45) is 0 Å². The van der Waals surface area contributed by atoms with Gasteiger partial charge in [-0.1, -0.05) is 38.1 Å². The fourth-order valence-corrected chi connectivity index (χ4v) is 5.89. The summed E-state index contributed by atoms with van der Waals surface area (Å²) in [5.41, 5.74) is 7.14. The van der Waals surface area contributed by atoms with E-state index in [4.69, 9.17) is 10.1 Å². The zero-order chi connectivity index (χ0) is 24.7. The molecule has 1 aliphatic rings. The van der Waals surface area contributed by atoms with Gasteiger partial charge in [0, 0.05) is 57.4 Å². The number of pyridine rings is 1. The maximum absolute atomic E-state index is 10.0. The molecule has 0 bridgehead atoms. The Morgan fingerprint density at radius 3 is 2.44 bits per heavy atom. The monoisotopic (exact) mass is 671 g/mol. The molecule has 0 amide bonds. The summed E-state index contributed by atoms with van der Waals surface area (Å²) >= 11 is 1.86. The van der Waals surface area contributed by atoms with Crippen molar-refractivity contribution in [1.82, 2.24) is 4.98 Å². The van der Waals surface area contributed by atoms with Gasteiger partial charge in [-0.2, -0.15) is 0 Å². The summed E-state index contributed by atoms with van der Waals surface area (Å²) < 4.78 is 2.61. The zero-order valence-electron chi connectivity index (χ0n) is 20.8. The number of aliphatic hydroxyl groups excluding tert-OH is 1. The van der Waals surface area contributed by atoms with Crippen LogP contribution in [-0.4, -0.2) is 15.9 Å². The topological polar surface area (TPSA) is 50.2 Å². The van der Waals surface area contributed by atoms with Gasteiger partial charge in [-0.15, -0.1) is 46.2 Å². The molecule has 0 saturated heterocycles. The van der Waals surface area contributed by atoms with Crippen LogP contribution >= 0.6 is 11.3 Å². The third-order valence-electron chi connectivity index (χ3n) is 6.20. The number of allylic oxidation sites excluding steroid dienone is 2. The molecule has 3 nitrogen and oxygen atoms in total. The molecule has 0 spiro atoms.